The molecule has 2 amide bonds. The normalized spacial score (nSPS) is 20.4. The number of benzene rings is 1. The minimum Gasteiger partial charge on any atom is -0.497 e. The summed E-state index contributed by atoms with van der Waals surface area (Å²) < 4.78 is 11.6. The van der Waals surface area contributed by atoms with Gasteiger partial charge in [0.15, 0.2) is 0 Å². The SMILES string of the molecule is COc1cccc(C#Cc2cnc3c(c2)C(=O)N([C@H](C)CO)C[C@@H](C)[C@H](CN(C)C(=O)C2CCCCC2)O3)c1. The molecule has 0 saturated heterocycles. The minimum absolute atomic E-state index is 0.0659. The van der Waals surface area contributed by atoms with E-state index in [1.807, 2.05) is 45.2 Å². The number of methoxy groups -OCH3 is 1. The van der Waals surface area contributed by atoms with Crippen LogP contribution in [0.5, 0.6) is 11.6 Å². The standard InChI is InChI=1S/C31H39N3O5/c1-21-18-34(22(2)20-35)31(37)27-16-24(14-13-23-9-8-12-26(15-23)38-4)17-32-29(27)39-28(21)19-33(3)30(36)25-10-6-5-7-11-25/h8-9,12,15-17,21-22,25,28,35H,5-7,10-11,18-20H2,1-4H3/t21-,22-,28+/m1/s1. The van der Waals surface area contributed by atoms with Gasteiger partial charge in [-0.25, -0.2) is 4.98 Å². The first-order chi connectivity index (χ1) is 18.8. The van der Waals surface area contributed by atoms with Gasteiger partial charge in [-0.2, -0.15) is 0 Å². The van der Waals surface area contributed by atoms with Gasteiger partial charge in [0, 0.05) is 42.8 Å². The van der Waals surface area contributed by atoms with Crippen LogP contribution in [-0.4, -0.2) is 77.7 Å². The summed E-state index contributed by atoms with van der Waals surface area (Å²) in [5, 5.41) is 9.91. The number of carbonyl (C=O) groups is 2. The zero-order valence-corrected chi connectivity index (χ0v) is 23.4. The minimum atomic E-state index is -0.389. The van der Waals surface area contributed by atoms with Gasteiger partial charge in [-0.05, 0) is 44.0 Å². The summed E-state index contributed by atoms with van der Waals surface area (Å²) in [4.78, 5) is 34.8. The summed E-state index contributed by atoms with van der Waals surface area (Å²) in [5.41, 5.74) is 1.64. The van der Waals surface area contributed by atoms with Gasteiger partial charge in [0.1, 0.15) is 17.4 Å². The maximum Gasteiger partial charge on any atom is 0.259 e. The van der Waals surface area contributed by atoms with E-state index < -0.39 is 0 Å². The van der Waals surface area contributed by atoms with Crippen molar-refractivity contribution in [1.29, 1.82) is 0 Å². The smallest absolute Gasteiger partial charge is 0.259 e. The van der Waals surface area contributed by atoms with Gasteiger partial charge >= 0.3 is 0 Å². The van der Waals surface area contributed by atoms with E-state index in [1.165, 1.54) is 6.42 Å². The number of ether oxygens (including phenoxy) is 2. The van der Waals surface area contributed by atoms with Crippen LogP contribution in [-0.2, 0) is 4.79 Å². The molecule has 2 aromatic rings. The van der Waals surface area contributed by atoms with E-state index >= 15 is 0 Å². The second-order valence-corrected chi connectivity index (χ2v) is 10.7. The number of nitrogens with zero attached hydrogens (tertiary/aromatic N) is 3. The number of aliphatic hydroxyl groups is 1. The zero-order valence-electron chi connectivity index (χ0n) is 23.4. The Bertz CT molecular complexity index is 1230. The Kier molecular flexibility index (Phi) is 9.47. The van der Waals surface area contributed by atoms with Gasteiger partial charge < -0.3 is 24.4 Å². The molecule has 208 valence electrons. The second kappa shape index (κ2) is 13.0. The maximum atomic E-state index is 13.7. The Labute approximate surface area is 231 Å². The first-order valence-corrected chi connectivity index (χ1v) is 13.8. The molecule has 8 heteroatoms. The highest BCUT2D eigenvalue weighted by molar-refractivity contribution is 5.97. The van der Waals surface area contributed by atoms with Gasteiger partial charge in [0.25, 0.3) is 5.91 Å². The quantitative estimate of drug-likeness (QED) is 0.569. The number of amides is 2. The number of aliphatic hydroxyl groups excluding tert-OH is 1. The Morgan fingerprint density at radius 1 is 1.23 bits per heavy atom. The first-order valence-electron chi connectivity index (χ1n) is 13.8. The van der Waals surface area contributed by atoms with E-state index in [0.717, 1.165) is 31.2 Å². The molecule has 4 rings (SSSR count). The third-order valence-corrected chi connectivity index (χ3v) is 7.73. The van der Waals surface area contributed by atoms with Crippen molar-refractivity contribution in [3.05, 3.63) is 53.2 Å². The van der Waals surface area contributed by atoms with E-state index in [2.05, 4.69) is 16.8 Å². The van der Waals surface area contributed by atoms with Crippen LogP contribution in [0.2, 0.25) is 0 Å². The molecule has 0 unspecified atom stereocenters. The van der Waals surface area contributed by atoms with Gasteiger partial charge in [0.2, 0.25) is 11.8 Å². The summed E-state index contributed by atoms with van der Waals surface area (Å²) in [6.07, 6.45) is 6.48. The van der Waals surface area contributed by atoms with E-state index in [4.69, 9.17) is 9.47 Å². The fraction of sp³-hybridized carbons (Fsp3) is 0.516. The number of likely N-dealkylation sites (N-methyl/N-ethyl adjacent to an activating group) is 1. The third-order valence-electron chi connectivity index (χ3n) is 7.73. The highest BCUT2D eigenvalue weighted by Gasteiger charge is 2.35. The Hall–Kier alpha value is -3.57. The molecule has 1 N–H and O–H groups in total. The third kappa shape index (κ3) is 6.90. The average Bonchev–Trinajstić information content (AvgIpc) is 2.97. The lowest BCUT2D eigenvalue weighted by Crippen LogP contribution is -2.51. The van der Waals surface area contributed by atoms with Crippen LogP contribution in [0.15, 0.2) is 36.5 Å². The molecule has 1 aromatic carbocycles. The molecule has 2 heterocycles. The molecule has 0 spiro atoms. The lowest BCUT2D eigenvalue weighted by molar-refractivity contribution is -0.136. The van der Waals surface area contributed by atoms with Crippen LogP contribution in [0.1, 0.15) is 67.4 Å². The largest absolute Gasteiger partial charge is 0.497 e. The average molecular weight is 534 g/mol. The Morgan fingerprint density at radius 3 is 2.69 bits per heavy atom. The second-order valence-electron chi connectivity index (χ2n) is 10.7. The zero-order chi connectivity index (χ0) is 27.9. The molecule has 1 aromatic heterocycles. The van der Waals surface area contributed by atoms with Crippen LogP contribution in [0, 0.1) is 23.7 Å². The van der Waals surface area contributed by atoms with Crippen molar-refractivity contribution in [3.63, 3.8) is 0 Å². The molecule has 0 radical (unpaired) electrons. The van der Waals surface area contributed by atoms with E-state index in [-0.39, 0.29) is 48.3 Å². The molecule has 39 heavy (non-hydrogen) atoms. The lowest BCUT2D eigenvalue weighted by Gasteiger charge is -2.38. The summed E-state index contributed by atoms with van der Waals surface area (Å²) in [7, 11) is 3.44. The number of rotatable bonds is 6. The molecule has 8 nitrogen and oxygen atoms in total. The highest BCUT2D eigenvalue weighted by atomic mass is 16.5. The van der Waals surface area contributed by atoms with Gasteiger partial charge in [-0.1, -0.05) is 44.1 Å². The lowest BCUT2D eigenvalue weighted by atomic mass is 9.88. The monoisotopic (exact) mass is 533 g/mol. The van der Waals surface area contributed by atoms with Gasteiger partial charge in [-0.15, -0.1) is 0 Å². The molecule has 2 aliphatic rings. The predicted molar refractivity (Wildman–Crippen MR) is 149 cm³/mol. The maximum absolute atomic E-state index is 13.7. The van der Waals surface area contributed by atoms with E-state index in [0.29, 0.717) is 30.0 Å². The van der Waals surface area contributed by atoms with Crippen molar-refractivity contribution in [2.24, 2.45) is 11.8 Å². The van der Waals surface area contributed by atoms with Crippen molar-refractivity contribution < 1.29 is 24.2 Å². The number of fused-ring (bicyclic) bond motifs is 1. The highest BCUT2D eigenvalue weighted by Crippen LogP contribution is 2.29. The molecule has 1 aliphatic heterocycles. The van der Waals surface area contributed by atoms with E-state index in [1.54, 1.807) is 29.2 Å². The predicted octanol–water partition coefficient (Wildman–Crippen LogP) is 3.75. The van der Waals surface area contributed by atoms with Crippen LogP contribution >= 0.6 is 0 Å². The van der Waals surface area contributed by atoms with Crippen molar-refractivity contribution in [1.82, 2.24) is 14.8 Å². The summed E-state index contributed by atoms with van der Waals surface area (Å²) in [6.45, 7) is 4.44. The number of hydrogen-bond acceptors (Lipinski definition) is 6. The number of hydrogen-bond donors (Lipinski definition) is 1. The molecule has 3 atom stereocenters. The summed E-state index contributed by atoms with van der Waals surface area (Å²) in [5.74, 6) is 6.98. The molecule has 1 aliphatic carbocycles. The summed E-state index contributed by atoms with van der Waals surface area (Å²) >= 11 is 0. The fourth-order valence-corrected chi connectivity index (χ4v) is 5.25. The van der Waals surface area contributed by atoms with Gasteiger partial charge in [0.05, 0.1) is 26.3 Å². The topological polar surface area (TPSA) is 92.2 Å². The van der Waals surface area contributed by atoms with Crippen LogP contribution in [0.25, 0.3) is 0 Å². The molecule has 0 bridgehead atoms. The van der Waals surface area contributed by atoms with Crippen molar-refractivity contribution in [2.45, 2.75) is 58.1 Å². The molecule has 1 fully saturated rings. The summed E-state index contributed by atoms with van der Waals surface area (Å²) in [6, 6.07) is 8.74. The Balaban J connectivity index is 1.62. The van der Waals surface area contributed by atoms with E-state index in [9.17, 15) is 14.7 Å². The van der Waals surface area contributed by atoms with Crippen molar-refractivity contribution >= 4 is 11.8 Å². The molecular formula is C31H39N3O5. The molecular weight excluding hydrogens is 494 g/mol. The van der Waals surface area contributed by atoms with Gasteiger partial charge in [-0.3, -0.25) is 9.59 Å². The van der Waals surface area contributed by atoms with Crippen LogP contribution in [0.3, 0.4) is 0 Å². The Morgan fingerprint density at radius 2 is 1.97 bits per heavy atom. The first kappa shape index (κ1) is 28.4. The number of carbonyl (C=O) groups excluding carboxylic acids is 2. The molecule has 1 saturated carbocycles. The van der Waals surface area contributed by atoms with Crippen LogP contribution < -0.4 is 9.47 Å². The van der Waals surface area contributed by atoms with Crippen LogP contribution in [0.4, 0.5) is 0 Å². The number of pyridine rings is 1. The van der Waals surface area contributed by atoms with Crippen molar-refractivity contribution in [3.8, 4) is 23.5 Å². The van der Waals surface area contributed by atoms with Crippen molar-refractivity contribution in [2.75, 3.05) is 33.9 Å². The fourth-order valence-electron chi connectivity index (χ4n) is 5.25. The number of aromatic nitrogens is 1.